The quantitative estimate of drug-likeness (QED) is 0.708. The first-order valence-electron chi connectivity index (χ1n) is 4.84. The summed E-state index contributed by atoms with van der Waals surface area (Å²) < 4.78 is 0. The zero-order valence-electron chi connectivity index (χ0n) is 9.09. The molecule has 0 aliphatic carbocycles. The van der Waals surface area contributed by atoms with Gasteiger partial charge in [-0.15, -0.1) is 0 Å². The summed E-state index contributed by atoms with van der Waals surface area (Å²) in [6.45, 7) is 7.49. The molecule has 0 spiro atoms. The third-order valence-electron chi connectivity index (χ3n) is 2.13. The van der Waals surface area contributed by atoms with Crippen molar-refractivity contribution in [1.82, 2.24) is 0 Å². The molecule has 0 aliphatic rings. The SMILES string of the molecule is CCNc1cccc(C)c1CC.N#[NH+]. The fraction of sp³-hybridized carbons (Fsp3) is 0.455. The standard InChI is InChI=1S/C11H17N.N2/c1-4-10-9(3)7-6-8-11(10)12-5-2;1-2/h6-8,12H,4-5H2,1-3H3;/p+1. The van der Waals surface area contributed by atoms with Crippen LogP contribution in [0, 0.1) is 12.3 Å². The number of hydrogen-bond donors (Lipinski definition) is 2. The maximum atomic E-state index is 6.25. The number of diazo groups is 1. The summed E-state index contributed by atoms with van der Waals surface area (Å²) in [7, 11) is 0. The van der Waals surface area contributed by atoms with E-state index in [4.69, 9.17) is 10.8 Å². The third kappa shape index (κ3) is 3.06. The minimum Gasteiger partial charge on any atom is -0.385 e. The van der Waals surface area contributed by atoms with Gasteiger partial charge in [0.2, 0.25) is 5.39 Å². The van der Waals surface area contributed by atoms with E-state index < -0.39 is 0 Å². The lowest BCUT2D eigenvalue weighted by molar-refractivity contribution is -0.175. The van der Waals surface area contributed by atoms with Crippen molar-refractivity contribution in [3.63, 3.8) is 0 Å². The Morgan fingerprint density at radius 3 is 2.43 bits per heavy atom. The van der Waals surface area contributed by atoms with Crippen molar-refractivity contribution >= 4 is 5.69 Å². The van der Waals surface area contributed by atoms with E-state index in [-0.39, 0.29) is 0 Å². The molecule has 1 rings (SSSR count). The van der Waals surface area contributed by atoms with E-state index in [2.05, 4.69) is 44.3 Å². The number of nitrogens with one attached hydrogen (secondary N) is 2. The molecule has 3 nitrogen and oxygen atoms in total. The maximum absolute atomic E-state index is 6.25. The second kappa shape index (κ2) is 6.90. The Bertz CT molecular complexity index is 292. The molecular formula is C11H18N3+. The average Bonchev–Trinajstić information content (AvgIpc) is 2.22. The Kier molecular flexibility index (Phi) is 6.13. The highest BCUT2D eigenvalue weighted by Gasteiger charge is 2.00. The first-order valence-corrected chi connectivity index (χ1v) is 4.84. The number of hydrogen-bond acceptors (Lipinski definition) is 2. The Morgan fingerprint density at radius 1 is 1.29 bits per heavy atom. The van der Waals surface area contributed by atoms with Crippen molar-refractivity contribution in [2.24, 2.45) is 0 Å². The zero-order chi connectivity index (χ0) is 11.0. The molecule has 0 aliphatic heterocycles. The molecule has 0 radical (unpaired) electrons. The van der Waals surface area contributed by atoms with E-state index in [9.17, 15) is 0 Å². The van der Waals surface area contributed by atoms with E-state index in [1.54, 1.807) is 0 Å². The van der Waals surface area contributed by atoms with Crippen LogP contribution in [0.15, 0.2) is 18.2 Å². The van der Waals surface area contributed by atoms with Gasteiger partial charge in [-0.3, -0.25) is 0 Å². The number of nitrogens with zero attached hydrogens (tertiary/aromatic N) is 1. The van der Waals surface area contributed by atoms with Crippen LogP contribution in [0.1, 0.15) is 25.0 Å². The molecule has 14 heavy (non-hydrogen) atoms. The maximum Gasteiger partial charge on any atom is 0.212 e. The van der Waals surface area contributed by atoms with Crippen molar-refractivity contribution in [2.75, 3.05) is 11.9 Å². The second-order valence-corrected chi connectivity index (χ2v) is 2.98. The van der Waals surface area contributed by atoms with Gasteiger partial charge < -0.3 is 5.32 Å². The topological polar surface area (TPSA) is 59.6 Å². The van der Waals surface area contributed by atoms with E-state index in [0.717, 1.165) is 13.0 Å². The predicted octanol–water partition coefficient (Wildman–Crippen LogP) is 1.27. The second-order valence-electron chi connectivity index (χ2n) is 2.98. The molecule has 1 aromatic rings. The summed E-state index contributed by atoms with van der Waals surface area (Å²) in [4.78, 5) is 0. The molecule has 76 valence electrons. The van der Waals surface area contributed by atoms with Crippen molar-refractivity contribution in [1.29, 1.82) is 5.39 Å². The number of anilines is 1. The molecule has 0 unspecified atom stereocenters. The molecule has 0 atom stereocenters. The smallest absolute Gasteiger partial charge is 0.212 e. The minimum absolute atomic E-state index is 0.996. The molecule has 0 saturated carbocycles. The summed E-state index contributed by atoms with van der Waals surface area (Å²) in [6, 6.07) is 6.42. The lowest BCUT2D eigenvalue weighted by Gasteiger charge is -2.11. The first-order chi connectivity index (χ1) is 6.79. The molecule has 1 aromatic carbocycles. The van der Waals surface area contributed by atoms with Gasteiger partial charge in [0.1, 0.15) is 0 Å². The fourth-order valence-electron chi connectivity index (χ4n) is 1.53. The Morgan fingerprint density at radius 2 is 1.93 bits per heavy atom. The molecule has 0 amide bonds. The van der Waals surface area contributed by atoms with Crippen molar-refractivity contribution < 1.29 is 5.39 Å². The van der Waals surface area contributed by atoms with Gasteiger partial charge in [-0.2, -0.15) is 0 Å². The van der Waals surface area contributed by atoms with E-state index in [0.29, 0.717) is 0 Å². The Hall–Kier alpha value is -1.56. The summed E-state index contributed by atoms with van der Waals surface area (Å²) in [5, 5.41) is 14.4. The molecule has 2 N–H and O–H groups in total. The van der Waals surface area contributed by atoms with Crippen LogP contribution in [0.2, 0.25) is 0 Å². The van der Waals surface area contributed by atoms with Gasteiger partial charge in [0.25, 0.3) is 0 Å². The summed E-state index contributed by atoms with van der Waals surface area (Å²) in [5.74, 6) is 0. The lowest BCUT2D eigenvalue weighted by Crippen LogP contribution is -2.11. The Labute approximate surface area is 85.6 Å². The van der Waals surface area contributed by atoms with Crippen LogP contribution in [0.25, 0.3) is 0 Å². The largest absolute Gasteiger partial charge is 0.385 e. The summed E-state index contributed by atoms with van der Waals surface area (Å²) >= 11 is 0. The van der Waals surface area contributed by atoms with Gasteiger partial charge in [0.05, 0.1) is 5.39 Å². The Balaban J connectivity index is 0.000000791. The number of benzene rings is 1. The normalized spacial score (nSPS) is 8.64. The van der Waals surface area contributed by atoms with Gasteiger partial charge in [-0.05, 0) is 37.5 Å². The van der Waals surface area contributed by atoms with Crippen LogP contribution < -0.4 is 10.7 Å². The van der Waals surface area contributed by atoms with Crippen molar-refractivity contribution in [3.8, 4) is 0 Å². The molecule has 0 aromatic heterocycles. The molecule has 0 saturated heterocycles. The van der Waals surface area contributed by atoms with Gasteiger partial charge in [-0.1, -0.05) is 19.1 Å². The average molecular weight is 192 g/mol. The van der Waals surface area contributed by atoms with Crippen LogP contribution in [0.3, 0.4) is 0 Å². The van der Waals surface area contributed by atoms with Gasteiger partial charge in [0.15, 0.2) is 0 Å². The number of rotatable bonds is 3. The monoisotopic (exact) mass is 192 g/mol. The highest BCUT2D eigenvalue weighted by molar-refractivity contribution is 5.54. The van der Waals surface area contributed by atoms with E-state index in [1.807, 2.05) is 0 Å². The molecular weight excluding hydrogens is 174 g/mol. The highest BCUT2D eigenvalue weighted by atomic mass is 14.9. The minimum atomic E-state index is 0.996. The third-order valence-corrected chi connectivity index (χ3v) is 2.13. The van der Waals surface area contributed by atoms with Crippen LogP contribution in [0.5, 0.6) is 0 Å². The van der Waals surface area contributed by atoms with Crippen molar-refractivity contribution in [3.05, 3.63) is 29.3 Å². The lowest BCUT2D eigenvalue weighted by atomic mass is 10.0. The van der Waals surface area contributed by atoms with Gasteiger partial charge in [-0.25, -0.2) is 0 Å². The van der Waals surface area contributed by atoms with E-state index in [1.165, 1.54) is 16.8 Å². The highest BCUT2D eigenvalue weighted by Crippen LogP contribution is 2.19. The summed E-state index contributed by atoms with van der Waals surface area (Å²) in [6.07, 6.45) is 1.11. The molecule has 0 bridgehead atoms. The van der Waals surface area contributed by atoms with Crippen LogP contribution in [-0.2, 0) is 6.42 Å². The molecule has 3 heteroatoms. The van der Waals surface area contributed by atoms with E-state index >= 15 is 0 Å². The summed E-state index contributed by atoms with van der Waals surface area (Å²) in [5.41, 5.74) is 4.12. The zero-order valence-corrected chi connectivity index (χ0v) is 9.09. The molecule has 0 heterocycles. The fourth-order valence-corrected chi connectivity index (χ4v) is 1.53. The van der Waals surface area contributed by atoms with Gasteiger partial charge >= 0.3 is 0 Å². The molecule has 0 fully saturated rings. The van der Waals surface area contributed by atoms with Crippen LogP contribution in [0.4, 0.5) is 5.69 Å². The van der Waals surface area contributed by atoms with Crippen molar-refractivity contribution in [2.45, 2.75) is 27.2 Å². The number of aryl methyl sites for hydroxylation is 1. The van der Waals surface area contributed by atoms with Crippen LogP contribution in [-0.4, -0.2) is 6.54 Å². The van der Waals surface area contributed by atoms with Crippen LogP contribution >= 0.6 is 0 Å². The van der Waals surface area contributed by atoms with Gasteiger partial charge in [0, 0.05) is 12.2 Å². The first kappa shape index (κ1) is 12.4. The predicted molar refractivity (Wildman–Crippen MR) is 57.4 cm³/mol.